The topological polar surface area (TPSA) is 55.6 Å². The maximum atomic E-state index is 11.5. The number of rotatable bonds is 6. The second kappa shape index (κ2) is 7.29. The standard InChI is InChI=1S/C19H21N2O2/c20-19(22)17-10-6-12-21(17)13-16-9-4-5-11-18(16)23-14-15-7-2-1-3-8-15/h1-5,7-11,17H,6,12-14H2,(H2,20,22). The van der Waals surface area contributed by atoms with Crippen molar-refractivity contribution in [3.05, 3.63) is 72.1 Å². The predicted molar refractivity (Wildman–Crippen MR) is 89.5 cm³/mol. The number of para-hydroxylation sites is 1. The first-order valence-corrected chi connectivity index (χ1v) is 7.85. The van der Waals surface area contributed by atoms with Crippen molar-refractivity contribution in [2.75, 3.05) is 6.54 Å². The second-order valence-corrected chi connectivity index (χ2v) is 5.72. The smallest absolute Gasteiger partial charge is 0.235 e. The summed E-state index contributed by atoms with van der Waals surface area (Å²) >= 11 is 0. The molecule has 23 heavy (non-hydrogen) atoms. The van der Waals surface area contributed by atoms with Crippen LogP contribution in [0.2, 0.25) is 0 Å². The number of primary amides is 1. The summed E-state index contributed by atoms with van der Waals surface area (Å²) < 4.78 is 5.98. The Morgan fingerprint density at radius 3 is 2.65 bits per heavy atom. The van der Waals surface area contributed by atoms with E-state index in [4.69, 9.17) is 10.5 Å². The molecule has 2 aromatic carbocycles. The van der Waals surface area contributed by atoms with Gasteiger partial charge in [0.1, 0.15) is 12.4 Å². The molecule has 4 nitrogen and oxygen atoms in total. The molecular formula is C19H21N2O2. The first-order valence-electron chi connectivity index (χ1n) is 7.85. The van der Waals surface area contributed by atoms with Crippen LogP contribution in [0.5, 0.6) is 5.75 Å². The minimum Gasteiger partial charge on any atom is -0.489 e. The third kappa shape index (κ3) is 3.90. The van der Waals surface area contributed by atoms with E-state index >= 15 is 0 Å². The fourth-order valence-electron chi connectivity index (χ4n) is 2.89. The fraction of sp³-hybridized carbons (Fsp3) is 0.263. The minimum atomic E-state index is -0.287. The minimum absolute atomic E-state index is 0.280. The molecule has 1 radical (unpaired) electrons. The Hall–Kier alpha value is -2.33. The Kier molecular flexibility index (Phi) is 4.93. The van der Waals surface area contributed by atoms with E-state index in [1.165, 1.54) is 0 Å². The highest BCUT2D eigenvalue weighted by Gasteiger charge is 2.29. The third-order valence-corrected chi connectivity index (χ3v) is 4.07. The Balaban J connectivity index is 1.69. The Morgan fingerprint density at radius 1 is 1.13 bits per heavy atom. The van der Waals surface area contributed by atoms with Crippen LogP contribution in [0.3, 0.4) is 0 Å². The summed E-state index contributed by atoms with van der Waals surface area (Å²) in [6.07, 6.45) is 2.87. The van der Waals surface area contributed by atoms with Crippen molar-refractivity contribution in [2.45, 2.75) is 25.6 Å². The van der Waals surface area contributed by atoms with Gasteiger partial charge in [-0.15, -0.1) is 0 Å². The molecule has 1 amide bonds. The molecule has 0 aliphatic carbocycles. The highest BCUT2D eigenvalue weighted by molar-refractivity contribution is 5.81. The van der Waals surface area contributed by atoms with Crippen LogP contribution in [-0.4, -0.2) is 23.4 Å². The van der Waals surface area contributed by atoms with E-state index in [1.807, 2.05) is 61.0 Å². The summed E-state index contributed by atoms with van der Waals surface area (Å²) in [5.74, 6) is 0.566. The fourth-order valence-corrected chi connectivity index (χ4v) is 2.89. The number of likely N-dealkylation sites (tertiary alicyclic amines) is 1. The van der Waals surface area contributed by atoms with E-state index in [0.717, 1.165) is 29.8 Å². The Labute approximate surface area is 136 Å². The van der Waals surface area contributed by atoms with Crippen molar-refractivity contribution < 1.29 is 9.53 Å². The third-order valence-electron chi connectivity index (χ3n) is 4.07. The van der Waals surface area contributed by atoms with Gasteiger partial charge in [-0.25, -0.2) is 0 Å². The number of amides is 1. The molecule has 1 heterocycles. The predicted octanol–water partition coefficient (Wildman–Crippen LogP) is 2.53. The van der Waals surface area contributed by atoms with Gasteiger partial charge < -0.3 is 10.5 Å². The second-order valence-electron chi connectivity index (χ2n) is 5.72. The molecule has 1 fully saturated rings. The van der Waals surface area contributed by atoms with Gasteiger partial charge in [-0.05, 0) is 31.0 Å². The van der Waals surface area contributed by atoms with E-state index in [-0.39, 0.29) is 11.9 Å². The zero-order valence-corrected chi connectivity index (χ0v) is 13.0. The molecule has 1 saturated heterocycles. The van der Waals surface area contributed by atoms with Gasteiger partial charge >= 0.3 is 0 Å². The van der Waals surface area contributed by atoms with Gasteiger partial charge in [-0.3, -0.25) is 9.69 Å². The zero-order chi connectivity index (χ0) is 16.1. The van der Waals surface area contributed by atoms with Gasteiger partial charge in [0.2, 0.25) is 5.91 Å². The van der Waals surface area contributed by atoms with E-state index in [9.17, 15) is 4.79 Å². The van der Waals surface area contributed by atoms with Gasteiger partial charge in [0, 0.05) is 12.1 Å². The normalized spacial score (nSPS) is 18.0. The largest absolute Gasteiger partial charge is 0.489 e. The van der Waals surface area contributed by atoms with Gasteiger partial charge in [0.15, 0.2) is 0 Å². The molecule has 3 rings (SSSR count). The molecule has 0 spiro atoms. The molecule has 1 atom stereocenters. The lowest BCUT2D eigenvalue weighted by Crippen LogP contribution is -2.40. The number of carbonyl (C=O) groups excluding carboxylic acids is 1. The van der Waals surface area contributed by atoms with Crippen LogP contribution < -0.4 is 10.5 Å². The van der Waals surface area contributed by atoms with Crippen LogP contribution in [0.15, 0.2) is 54.6 Å². The number of carbonyl (C=O) groups is 1. The van der Waals surface area contributed by atoms with Crippen molar-refractivity contribution in [1.82, 2.24) is 4.90 Å². The zero-order valence-electron chi connectivity index (χ0n) is 13.0. The van der Waals surface area contributed by atoms with Crippen LogP contribution >= 0.6 is 0 Å². The SMILES string of the molecule is NC(=O)C1[CH]CCN1Cc1ccccc1OCc1ccccc1. The number of ether oxygens (including phenoxy) is 1. The van der Waals surface area contributed by atoms with Crippen molar-refractivity contribution >= 4 is 5.91 Å². The summed E-state index contributed by atoms with van der Waals surface area (Å²) in [5, 5.41) is 0. The van der Waals surface area contributed by atoms with Crippen LogP contribution in [0, 0.1) is 6.42 Å². The molecule has 1 unspecified atom stereocenters. The van der Waals surface area contributed by atoms with Gasteiger partial charge in [-0.1, -0.05) is 48.5 Å². The maximum absolute atomic E-state index is 11.5. The summed E-state index contributed by atoms with van der Waals surface area (Å²) in [5.41, 5.74) is 7.68. The average molecular weight is 309 g/mol. The van der Waals surface area contributed by atoms with E-state index in [2.05, 4.69) is 4.90 Å². The highest BCUT2D eigenvalue weighted by atomic mass is 16.5. The summed E-state index contributed by atoms with van der Waals surface area (Å²) in [7, 11) is 0. The van der Waals surface area contributed by atoms with E-state index < -0.39 is 0 Å². The lowest BCUT2D eigenvalue weighted by atomic mass is 10.1. The first-order chi connectivity index (χ1) is 11.2. The molecule has 1 aliphatic rings. The number of hydrogen-bond acceptors (Lipinski definition) is 3. The lowest BCUT2D eigenvalue weighted by molar-refractivity contribution is -0.121. The lowest BCUT2D eigenvalue weighted by Gasteiger charge is -2.23. The first kappa shape index (κ1) is 15.6. The summed E-state index contributed by atoms with van der Waals surface area (Å²) in [4.78, 5) is 13.6. The molecule has 2 N–H and O–H groups in total. The Bertz CT molecular complexity index is 657. The van der Waals surface area contributed by atoms with Crippen LogP contribution in [0.1, 0.15) is 17.5 Å². The quantitative estimate of drug-likeness (QED) is 0.892. The highest BCUT2D eigenvalue weighted by Crippen LogP contribution is 2.25. The van der Waals surface area contributed by atoms with Crippen LogP contribution in [0.25, 0.3) is 0 Å². The average Bonchev–Trinajstić information content (AvgIpc) is 3.03. The van der Waals surface area contributed by atoms with Crippen LogP contribution in [0.4, 0.5) is 0 Å². The van der Waals surface area contributed by atoms with Crippen molar-refractivity contribution in [3.8, 4) is 5.75 Å². The van der Waals surface area contributed by atoms with Crippen molar-refractivity contribution in [3.63, 3.8) is 0 Å². The van der Waals surface area contributed by atoms with Crippen LogP contribution in [-0.2, 0) is 17.9 Å². The number of nitrogens with zero attached hydrogens (tertiary/aromatic N) is 1. The van der Waals surface area contributed by atoms with Crippen molar-refractivity contribution in [2.24, 2.45) is 5.73 Å². The number of nitrogens with two attached hydrogens (primary N) is 1. The summed E-state index contributed by atoms with van der Waals surface area (Å²) in [6.45, 7) is 2.04. The molecule has 4 heteroatoms. The monoisotopic (exact) mass is 309 g/mol. The molecule has 119 valence electrons. The van der Waals surface area contributed by atoms with Gasteiger partial charge in [-0.2, -0.15) is 0 Å². The van der Waals surface area contributed by atoms with Crippen molar-refractivity contribution in [1.29, 1.82) is 0 Å². The molecule has 0 saturated carbocycles. The molecule has 2 aromatic rings. The van der Waals surface area contributed by atoms with Gasteiger partial charge in [0.25, 0.3) is 0 Å². The molecule has 1 aliphatic heterocycles. The number of benzene rings is 2. The Morgan fingerprint density at radius 2 is 1.87 bits per heavy atom. The number of hydrogen-bond donors (Lipinski definition) is 1. The van der Waals surface area contributed by atoms with Gasteiger partial charge in [0.05, 0.1) is 6.04 Å². The molecular weight excluding hydrogens is 288 g/mol. The van der Waals surface area contributed by atoms with E-state index in [0.29, 0.717) is 13.2 Å². The maximum Gasteiger partial charge on any atom is 0.235 e. The van der Waals surface area contributed by atoms with E-state index in [1.54, 1.807) is 0 Å². The molecule has 0 bridgehead atoms. The summed E-state index contributed by atoms with van der Waals surface area (Å²) in [6, 6.07) is 17.8. The molecule has 0 aromatic heterocycles.